The van der Waals surface area contributed by atoms with Gasteiger partial charge in [0.25, 0.3) is 11.1 Å². The van der Waals surface area contributed by atoms with Crippen LogP contribution in [0.3, 0.4) is 0 Å². The van der Waals surface area contributed by atoms with E-state index in [1.165, 1.54) is 4.80 Å². The van der Waals surface area contributed by atoms with Gasteiger partial charge < -0.3 is 20.0 Å². The van der Waals surface area contributed by atoms with Crippen LogP contribution in [-0.4, -0.2) is 36.6 Å². The van der Waals surface area contributed by atoms with Crippen molar-refractivity contribution in [2.45, 2.75) is 59.9 Å². The van der Waals surface area contributed by atoms with Gasteiger partial charge in [-0.1, -0.05) is 65.5 Å². The number of aromatic amines is 2. The predicted octanol–water partition coefficient (Wildman–Crippen LogP) is 4.48. The van der Waals surface area contributed by atoms with Crippen LogP contribution in [-0.2, 0) is 12.0 Å². The molecule has 0 aliphatic heterocycles. The second-order valence-electron chi connectivity index (χ2n) is 13.2. The van der Waals surface area contributed by atoms with E-state index >= 15 is 0 Å². The van der Waals surface area contributed by atoms with E-state index in [1.807, 2.05) is 54.6 Å². The van der Waals surface area contributed by atoms with E-state index in [2.05, 4.69) is 79.3 Å². The summed E-state index contributed by atoms with van der Waals surface area (Å²) in [7, 11) is 0. The van der Waals surface area contributed by atoms with Crippen LogP contribution in [0.4, 0.5) is 5.69 Å². The lowest BCUT2D eigenvalue weighted by atomic mass is 9.72. The van der Waals surface area contributed by atoms with E-state index in [-0.39, 0.29) is 27.3 Å². The van der Waals surface area contributed by atoms with E-state index < -0.39 is 11.1 Å². The second kappa shape index (κ2) is 11.6. The fourth-order valence-corrected chi connectivity index (χ4v) is 5.95. The number of anilines is 1. The standard InChI is InChI=1S/C35H40N6O3/c1-8-40(26-15-13-23(14-16-26)17-27-32(43)36-22(2)37-33(27)44)20-24-18-25(35(6,7)21-34(3,4)5)19-30(31(24)42)41-38-28-11-9-10-12-29(28)39-41/h9-19,42H,2,8,20-21H2,1,3-7H3,(H,36,43)(H,37,44). The Hall–Kier alpha value is -4.92. The molecular formula is C35H40N6O3. The molecule has 0 saturated heterocycles. The normalized spacial score (nSPS) is 12.0. The van der Waals surface area contributed by atoms with Gasteiger partial charge in [0.2, 0.25) is 0 Å². The lowest BCUT2D eigenvalue weighted by molar-refractivity contribution is 0.283. The zero-order valence-corrected chi connectivity index (χ0v) is 26.2. The van der Waals surface area contributed by atoms with Gasteiger partial charge in [-0.2, -0.15) is 0 Å². The number of H-pyrrole nitrogens is 2. The smallest absolute Gasteiger partial charge is 0.262 e. The van der Waals surface area contributed by atoms with E-state index in [9.17, 15) is 14.7 Å². The summed E-state index contributed by atoms with van der Waals surface area (Å²) in [5.41, 5.74) is 4.67. The summed E-state index contributed by atoms with van der Waals surface area (Å²) in [6.45, 7) is 18.0. The van der Waals surface area contributed by atoms with E-state index in [0.29, 0.717) is 24.3 Å². The van der Waals surface area contributed by atoms with Crippen LogP contribution >= 0.6 is 0 Å². The fraction of sp³-hybridized carbons (Fsp3) is 0.314. The monoisotopic (exact) mass is 592 g/mol. The zero-order chi connectivity index (χ0) is 31.8. The third kappa shape index (κ3) is 6.51. The van der Waals surface area contributed by atoms with Crippen LogP contribution in [0.25, 0.3) is 29.4 Å². The van der Waals surface area contributed by atoms with Crippen molar-refractivity contribution < 1.29 is 5.11 Å². The Bertz CT molecular complexity index is 1980. The van der Waals surface area contributed by atoms with Crippen LogP contribution in [0.15, 0.2) is 70.3 Å². The first-order chi connectivity index (χ1) is 20.7. The number of rotatable bonds is 8. The van der Waals surface area contributed by atoms with Crippen LogP contribution in [0.5, 0.6) is 5.75 Å². The third-order valence-corrected chi connectivity index (χ3v) is 7.75. The number of benzene rings is 3. The highest BCUT2D eigenvalue weighted by Crippen LogP contribution is 2.40. The van der Waals surface area contributed by atoms with Gasteiger partial charge in [0.15, 0.2) is 0 Å². The summed E-state index contributed by atoms with van der Waals surface area (Å²) in [5, 5.41) is 21.0. The maximum absolute atomic E-state index is 12.3. The molecule has 0 aliphatic carbocycles. The lowest BCUT2D eigenvalue weighted by Gasteiger charge is -2.34. The number of phenolic OH excluding ortho intramolecular Hbond substituents is 1. The Morgan fingerprint density at radius 3 is 2.07 bits per heavy atom. The van der Waals surface area contributed by atoms with Gasteiger partial charge >= 0.3 is 0 Å². The lowest BCUT2D eigenvalue weighted by Crippen LogP contribution is -2.47. The molecule has 0 saturated carbocycles. The summed E-state index contributed by atoms with van der Waals surface area (Å²) in [4.78, 5) is 33.3. The highest BCUT2D eigenvalue weighted by molar-refractivity contribution is 5.74. The van der Waals surface area contributed by atoms with Crippen molar-refractivity contribution in [3.8, 4) is 11.4 Å². The largest absolute Gasteiger partial charge is 0.505 e. The first-order valence-electron chi connectivity index (χ1n) is 14.8. The number of aromatic hydroxyl groups is 1. The number of nitrogens with zero attached hydrogens (tertiary/aromatic N) is 4. The summed E-state index contributed by atoms with van der Waals surface area (Å²) in [5.74, 6) is 0.135. The van der Waals surface area contributed by atoms with Crippen LogP contribution in [0.2, 0.25) is 0 Å². The molecule has 228 valence electrons. The molecule has 9 heteroatoms. The van der Waals surface area contributed by atoms with Crippen molar-refractivity contribution >= 4 is 29.4 Å². The van der Waals surface area contributed by atoms with Crippen molar-refractivity contribution in [1.82, 2.24) is 25.0 Å². The molecule has 0 bridgehead atoms. The molecule has 0 aliphatic rings. The summed E-state index contributed by atoms with van der Waals surface area (Å²) >= 11 is 0. The van der Waals surface area contributed by atoms with Crippen LogP contribution in [0.1, 0.15) is 64.7 Å². The van der Waals surface area contributed by atoms with Gasteiger partial charge in [-0.3, -0.25) is 9.59 Å². The summed E-state index contributed by atoms with van der Waals surface area (Å²) in [6.07, 6.45) is 2.49. The molecule has 0 radical (unpaired) electrons. The first kappa shape index (κ1) is 30.5. The Balaban J connectivity index is 1.55. The molecule has 5 rings (SSSR count). The molecule has 0 amide bonds. The minimum absolute atomic E-state index is 0.0181. The SMILES string of the molecule is C=c1[nH]c(=O)c(=Cc2ccc(N(CC)Cc3cc(C(C)(C)CC(C)(C)C)cc(-n4nc5ccccc5n4)c3O)cc2)c(=O)[nH]1. The number of fused-ring (bicyclic) bond motifs is 1. The molecule has 0 spiro atoms. The molecule has 0 atom stereocenters. The van der Waals surface area contributed by atoms with E-state index in [4.69, 9.17) is 0 Å². The number of hydrogen-bond acceptors (Lipinski definition) is 6. The van der Waals surface area contributed by atoms with Crippen molar-refractivity contribution in [1.29, 1.82) is 0 Å². The number of aromatic nitrogens is 5. The fourth-order valence-electron chi connectivity index (χ4n) is 5.95. The Labute approximate surface area is 256 Å². The molecule has 44 heavy (non-hydrogen) atoms. The van der Waals surface area contributed by atoms with Gasteiger partial charge in [0.05, 0.1) is 0 Å². The van der Waals surface area contributed by atoms with Crippen molar-refractivity contribution in [3.63, 3.8) is 0 Å². The molecule has 2 heterocycles. The maximum Gasteiger partial charge on any atom is 0.262 e. The second-order valence-corrected chi connectivity index (χ2v) is 13.2. The van der Waals surface area contributed by atoms with Gasteiger partial charge in [0.1, 0.15) is 33.2 Å². The Kier molecular flexibility index (Phi) is 8.07. The predicted molar refractivity (Wildman–Crippen MR) is 177 cm³/mol. The highest BCUT2D eigenvalue weighted by Gasteiger charge is 2.30. The minimum atomic E-state index is -0.488. The number of nitrogens with one attached hydrogen (secondary N) is 2. The Morgan fingerprint density at radius 1 is 0.932 bits per heavy atom. The molecule has 5 aromatic rings. The summed E-state index contributed by atoms with van der Waals surface area (Å²) < 4.78 is 0. The van der Waals surface area contributed by atoms with Crippen LogP contribution in [0, 0.1) is 5.41 Å². The van der Waals surface area contributed by atoms with Gasteiger partial charge in [-0.15, -0.1) is 15.0 Å². The van der Waals surface area contributed by atoms with Gasteiger partial charge in [-0.05, 0) is 77.8 Å². The molecular weight excluding hydrogens is 552 g/mol. The van der Waals surface area contributed by atoms with Gasteiger partial charge in [-0.25, -0.2) is 0 Å². The minimum Gasteiger partial charge on any atom is -0.505 e. The van der Waals surface area contributed by atoms with Crippen LogP contribution < -0.4 is 26.7 Å². The molecule has 0 fully saturated rings. The van der Waals surface area contributed by atoms with E-state index in [0.717, 1.165) is 34.3 Å². The molecule has 0 unspecified atom stereocenters. The van der Waals surface area contributed by atoms with Crippen molar-refractivity contribution in [2.24, 2.45) is 5.41 Å². The third-order valence-electron chi connectivity index (χ3n) is 7.75. The highest BCUT2D eigenvalue weighted by atomic mass is 16.3. The summed E-state index contributed by atoms with van der Waals surface area (Å²) in [6, 6.07) is 19.4. The average molecular weight is 593 g/mol. The number of hydrogen-bond donors (Lipinski definition) is 3. The van der Waals surface area contributed by atoms with Crippen molar-refractivity contribution in [2.75, 3.05) is 11.4 Å². The molecule has 9 nitrogen and oxygen atoms in total. The average Bonchev–Trinajstić information content (AvgIpc) is 3.37. The molecule has 3 aromatic carbocycles. The molecule has 2 aromatic heterocycles. The van der Waals surface area contributed by atoms with Gasteiger partial charge in [0, 0.05) is 24.3 Å². The zero-order valence-electron chi connectivity index (χ0n) is 26.2. The quantitative estimate of drug-likeness (QED) is 0.244. The number of phenols is 1. The molecule has 3 N–H and O–H groups in total. The van der Waals surface area contributed by atoms with Crippen molar-refractivity contribution in [3.05, 3.63) is 109 Å². The Morgan fingerprint density at radius 2 is 1.52 bits per heavy atom. The topological polar surface area (TPSA) is 120 Å². The first-order valence-corrected chi connectivity index (χ1v) is 14.8. The van der Waals surface area contributed by atoms with E-state index in [1.54, 1.807) is 6.08 Å². The maximum atomic E-state index is 12.3.